The second-order valence-electron chi connectivity index (χ2n) is 6.71. The van der Waals surface area contributed by atoms with E-state index in [1.54, 1.807) is 0 Å². The average Bonchev–Trinajstić information content (AvgIpc) is 3.36. The number of anilines is 1. The van der Waals surface area contributed by atoms with E-state index in [1.807, 2.05) is 25.1 Å². The maximum absolute atomic E-state index is 13.2. The van der Waals surface area contributed by atoms with E-state index in [-0.39, 0.29) is 5.41 Å². The van der Waals surface area contributed by atoms with Crippen molar-refractivity contribution < 1.29 is 4.79 Å². The highest BCUT2D eigenvalue weighted by Gasteiger charge is 2.52. The number of aromatic nitrogens is 2. The van der Waals surface area contributed by atoms with Crippen molar-refractivity contribution in [1.82, 2.24) is 14.3 Å². The van der Waals surface area contributed by atoms with Crippen LogP contribution in [0.25, 0.3) is 0 Å². The van der Waals surface area contributed by atoms with Crippen LogP contribution in [0.1, 0.15) is 30.7 Å². The number of nitrogens with zero attached hydrogens (tertiary/aromatic N) is 4. The van der Waals surface area contributed by atoms with Crippen LogP contribution in [0.15, 0.2) is 30.3 Å². The Hall–Kier alpha value is -1.95. The van der Waals surface area contributed by atoms with Crippen LogP contribution in [0, 0.1) is 6.92 Å². The summed E-state index contributed by atoms with van der Waals surface area (Å²) in [6.45, 7) is 5.31. The largest absolute Gasteiger partial charge is 0.345 e. The third-order valence-corrected chi connectivity index (χ3v) is 5.92. The Bertz CT molecular complexity index is 726. The second kappa shape index (κ2) is 6.16. The molecule has 1 aliphatic heterocycles. The summed E-state index contributed by atoms with van der Waals surface area (Å²) in [5.74, 6) is 1.14. The van der Waals surface area contributed by atoms with Crippen molar-refractivity contribution in [1.29, 1.82) is 0 Å². The number of hydrogen-bond acceptors (Lipinski definition) is 5. The number of benzene rings is 1. The Morgan fingerprint density at radius 2 is 1.92 bits per heavy atom. The molecule has 1 amide bonds. The van der Waals surface area contributed by atoms with Crippen molar-refractivity contribution in [2.75, 3.05) is 31.1 Å². The Morgan fingerprint density at radius 3 is 2.58 bits per heavy atom. The molecule has 2 aromatic rings. The van der Waals surface area contributed by atoms with Crippen LogP contribution in [0.5, 0.6) is 0 Å². The molecule has 1 saturated heterocycles. The van der Waals surface area contributed by atoms with E-state index in [0.717, 1.165) is 56.4 Å². The molecule has 0 N–H and O–H groups in total. The van der Waals surface area contributed by atoms with Crippen LogP contribution in [0.3, 0.4) is 0 Å². The van der Waals surface area contributed by atoms with Gasteiger partial charge in [0.05, 0.1) is 5.41 Å². The lowest BCUT2D eigenvalue weighted by Gasteiger charge is -2.26. The highest BCUT2D eigenvalue weighted by molar-refractivity contribution is 7.09. The molecule has 6 heteroatoms. The number of hydrogen-bond donors (Lipinski definition) is 0. The van der Waals surface area contributed by atoms with Crippen LogP contribution in [-0.4, -0.2) is 46.3 Å². The van der Waals surface area contributed by atoms with Gasteiger partial charge in [0.25, 0.3) is 0 Å². The summed E-state index contributed by atoms with van der Waals surface area (Å²) in [5.41, 5.74) is 0.923. The number of rotatable bonds is 3. The van der Waals surface area contributed by atoms with E-state index in [1.165, 1.54) is 17.1 Å². The molecule has 5 nitrogen and oxygen atoms in total. The predicted molar refractivity (Wildman–Crippen MR) is 95.4 cm³/mol. The van der Waals surface area contributed by atoms with Crippen LogP contribution >= 0.6 is 11.5 Å². The summed E-state index contributed by atoms with van der Waals surface area (Å²) in [7, 11) is 0. The first kappa shape index (κ1) is 15.6. The third kappa shape index (κ3) is 2.79. The van der Waals surface area contributed by atoms with E-state index in [4.69, 9.17) is 0 Å². The molecule has 4 rings (SSSR count). The molecule has 1 aliphatic carbocycles. The highest BCUT2D eigenvalue weighted by Crippen LogP contribution is 2.49. The fraction of sp³-hybridized carbons (Fsp3) is 0.500. The zero-order chi connectivity index (χ0) is 16.6. The monoisotopic (exact) mass is 342 g/mol. The van der Waals surface area contributed by atoms with E-state index >= 15 is 0 Å². The summed E-state index contributed by atoms with van der Waals surface area (Å²) in [6.07, 6.45) is 2.94. The molecule has 2 aliphatic rings. The molecule has 1 saturated carbocycles. The molecule has 0 atom stereocenters. The molecule has 2 fully saturated rings. The average molecular weight is 342 g/mol. The molecule has 126 valence electrons. The van der Waals surface area contributed by atoms with Gasteiger partial charge in [0, 0.05) is 37.7 Å². The maximum Gasteiger partial charge on any atom is 0.233 e. The van der Waals surface area contributed by atoms with Gasteiger partial charge in [-0.15, -0.1) is 0 Å². The van der Waals surface area contributed by atoms with Crippen LogP contribution in [-0.2, 0) is 10.2 Å². The molecule has 0 radical (unpaired) electrons. The number of aryl methyl sites for hydroxylation is 1. The minimum atomic E-state index is -0.254. The van der Waals surface area contributed by atoms with Crippen LogP contribution < -0.4 is 4.90 Å². The van der Waals surface area contributed by atoms with Crippen LogP contribution in [0.2, 0.25) is 0 Å². The molecular formula is C18H22N4OS. The lowest BCUT2D eigenvalue weighted by atomic mass is 9.94. The fourth-order valence-corrected chi connectivity index (χ4v) is 4.26. The van der Waals surface area contributed by atoms with Crippen molar-refractivity contribution in [2.24, 2.45) is 0 Å². The minimum absolute atomic E-state index is 0.254. The van der Waals surface area contributed by atoms with Crippen molar-refractivity contribution in [3.63, 3.8) is 0 Å². The van der Waals surface area contributed by atoms with Gasteiger partial charge >= 0.3 is 0 Å². The van der Waals surface area contributed by atoms with Crippen molar-refractivity contribution >= 4 is 22.6 Å². The lowest BCUT2D eigenvalue weighted by molar-refractivity contribution is -0.133. The van der Waals surface area contributed by atoms with Gasteiger partial charge in [-0.05, 0) is 31.7 Å². The lowest BCUT2D eigenvalue weighted by Crippen LogP contribution is -2.41. The number of amides is 1. The van der Waals surface area contributed by atoms with Gasteiger partial charge in [-0.3, -0.25) is 4.79 Å². The first-order chi connectivity index (χ1) is 11.7. The molecule has 1 aromatic heterocycles. The van der Waals surface area contributed by atoms with Gasteiger partial charge in [0.2, 0.25) is 11.0 Å². The van der Waals surface area contributed by atoms with Crippen LogP contribution in [0.4, 0.5) is 5.13 Å². The smallest absolute Gasteiger partial charge is 0.233 e. The molecule has 2 heterocycles. The normalized spacial score (nSPS) is 19.9. The van der Waals surface area contributed by atoms with E-state index in [9.17, 15) is 4.79 Å². The first-order valence-electron chi connectivity index (χ1n) is 8.59. The maximum atomic E-state index is 13.2. The summed E-state index contributed by atoms with van der Waals surface area (Å²) >= 11 is 1.45. The van der Waals surface area contributed by atoms with E-state index in [2.05, 4.69) is 31.3 Å². The van der Waals surface area contributed by atoms with Crippen molar-refractivity contribution in [3.8, 4) is 0 Å². The Morgan fingerprint density at radius 1 is 1.12 bits per heavy atom. The molecule has 24 heavy (non-hydrogen) atoms. The standard InChI is InChI=1S/C18H22N4OS/c1-14-19-17(24-20-14)22-11-5-10-21(12-13-22)16(23)18(8-9-18)15-6-3-2-4-7-15/h2-4,6-7H,5,8-13H2,1H3. The van der Waals surface area contributed by atoms with Gasteiger partial charge in [-0.25, -0.2) is 4.98 Å². The SMILES string of the molecule is Cc1nsc(N2CCCN(C(=O)C3(c4ccccc4)CC3)CC2)n1. The molecule has 0 unspecified atom stereocenters. The Labute approximate surface area is 146 Å². The highest BCUT2D eigenvalue weighted by atomic mass is 32.1. The Balaban J connectivity index is 1.47. The minimum Gasteiger partial charge on any atom is -0.345 e. The molecule has 0 bridgehead atoms. The predicted octanol–water partition coefficient (Wildman–Crippen LogP) is 2.62. The quantitative estimate of drug-likeness (QED) is 0.860. The van der Waals surface area contributed by atoms with Gasteiger partial charge < -0.3 is 9.80 Å². The Kier molecular flexibility index (Phi) is 4.00. The molecular weight excluding hydrogens is 320 g/mol. The first-order valence-corrected chi connectivity index (χ1v) is 9.36. The summed E-state index contributed by atoms with van der Waals surface area (Å²) in [4.78, 5) is 22.0. The zero-order valence-corrected chi connectivity index (χ0v) is 14.8. The topological polar surface area (TPSA) is 49.3 Å². The number of carbonyl (C=O) groups is 1. The van der Waals surface area contributed by atoms with Gasteiger partial charge in [-0.2, -0.15) is 4.37 Å². The molecule has 0 spiro atoms. The summed E-state index contributed by atoms with van der Waals surface area (Å²) in [6, 6.07) is 10.3. The number of carbonyl (C=O) groups excluding carboxylic acids is 1. The summed E-state index contributed by atoms with van der Waals surface area (Å²) < 4.78 is 4.27. The van der Waals surface area contributed by atoms with Gasteiger partial charge in [-0.1, -0.05) is 30.3 Å². The second-order valence-corrected chi connectivity index (χ2v) is 7.44. The van der Waals surface area contributed by atoms with Gasteiger partial charge in [0.15, 0.2) is 0 Å². The van der Waals surface area contributed by atoms with Crippen molar-refractivity contribution in [2.45, 2.75) is 31.6 Å². The third-order valence-electron chi connectivity index (χ3n) is 5.06. The van der Waals surface area contributed by atoms with Gasteiger partial charge in [0.1, 0.15) is 5.82 Å². The summed E-state index contributed by atoms with van der Waals surface area (Å²) in [5, 5.41) is 0.978. The van der Waals surface area contributed by atoms with E-state index < -0.39 is 0 Å². The van der Waals surface area contributed by atoms with Crippen molar-refractivity contribution in [3.05, 3.63) is 41.7 Å². The fourth-order valence-electron chi connectivity index (χ4n) is 3.54. The van der Waals surface area contributed by atoms with E-state index in [0.29, 0.717) is 5.91 Å². The molecule has 1 aromatic carbocycles. The zero-order valence-electron chi connectivity index (χ0n) is 13.9.